The molecular weight excluding hydrogens is 597 g/mol. The predicted octanol–water partition coefficient (Wildman–Crippen LogP) is 5.48. The van der Waals surface area contributed by atoms with Crippen molar-refractivity contribution in [2.75, 3.05) is 14.1 Å². The third-order valence-electron chi connectivity index (χ3n) is 8.89. The lowest BCUT2D eigenvalue weighted by molar-refractivity contribution is -0.138. The second-order valence-electron chi connectivity index (χ2n) is 12.1. The first kappa shape index (κ1) is 29.3. The van der Waals surface area contributed by atoms with Gasteiger partial charge in [0.2, 0.25) is 0 Å². The Kier molecular flexibility index (Phi) is 6.23. The van der Waals surface area contributed by atoms with Gasteiger partial charge < -0.3 is 0 Å². The molecule has 0 N–H and O–H groups in total. The van der Waals surface area contributed by atoms with Crippen molar-refractivity contribution in [3.8, 4) is 6.07 Å². The van der Waals surface area contributed by atoms with Crippen LogP contribution in [-0.2, 0) is 30.0 Å². The molecule has 0 spiro atoms. The van der Waals surface area contributed by atoms with E-state index in [-0.39, 0.29) is 33.8 Å². The van der Waals surface area contributed by atoms with Gasteiger partial charge in [-0.25, -0.2) is 14.8 Å². The third kappa shape index (κ3) is 3.68. The van der Waals surface area contributed by atoms with E-state index in [4.69, 9.17) is 6.57 Å². The highest BCUT2D eigenvalue weighted by Gasteiger charge is 2.52. The van der Waals surface area contributed by atoms with E-state index in [2.05, 4.69) is 42.5 Å². The number of aliphatic imine (C=N–C) groups is 2. The van der Waals surface area contributed by atoms with Crippen LogP contribution in [0.3, 0.4) is 0 Å². The zero-order valence-electron chi connectivity index (χ0n) is 25.3. The van der Waals surface area contributed by atoms with Gasteiger partial charge in [0.1, 0.15) is 33.1 Å². The van der Waals surface area contributed by atoms with Crippen molar-refractivity contribution in [2.24, 2.45) is 9.98 Å². The molecule has 0 saturated heterocycles. The first-order valence-electron chi connectivity index (χ1n) is 13.6. The second-order valence-corrected chi connectivity index (χ2v) is 14.2. The molecule has 0 radical (unpaired) electrons. The predicted molar refractivity (Wildman–Crippen MR) is 169 cm³/mol. The SMILES string of the molecule is [C-]#[N+]C1=C(C)C(=Nc2cc3c(s2)C2=C(c4sc(N=C5C(=O)N(C)C(=O)C(C#N)=C5C)cc4C2(C)C)C3(C)C)C(=O)N(C)C1=O. The van der Waals surface area contributed by atoms with Crippen LogP contribution in [0.2, 0.25) is 0 Å². The number of hydrogen-bond acceptors (Lipinski definition) is 9. The molecule has 12 heteroatoms. The highest BCUT2D eigenvalue weighted by atomic mass is 32.1. The summed E-state index contributed by atoms with van der Waals surface area (Å²) in [5, 5.41) is 10.7. The van der Waals surface area contributed by atoms with Gasteiger partial charge in [0.05, 0.1) is 6.57 Å². The summed E-state index contributed by atoms with van der Waals surface area (Å²) in [6.07, 6.45) is 0. The minimum absolute atomic E-state index is 0.0828. The molecular formula is C32H26N6O4S2. The average Bonchev–Trinajstić information content (AvgIpc) is 3.68. The molecule has 10 nitrogen and oxygen atoms in total. The molecule has 2 aliphatic carbocycles. The molecule has 44 heavy (non-hydrogen) atoms. The summed E-state index contributed by atoms with van der Waals surface area (Å²) in [4.78, 5) is 67.4. The van der Waals surface area contributed by atoms with Crippen molar-refractivity contribution >= 4 is 78.9 Å². The Balaban J connectivity index is 1.46. The Morgan fingerprint density at radius 3 is 1.64 bits per heavy atom. The van der Waals surface area contributed by atoms with Gasteiger partial charge in [-0.1, -0.05) is 27.7 Å². The topological polar surface area (TPSA) is 128 Å². The van der Waals surface area contributed by atoms with Gasteiger partial charge in [0.15, 0.2) is 0 Å². The van der Waals surface area contributed by atoms with Crippen molar-refractivity contribution in [1.29, 1.82) is 5.26 Å². The zero-order valence-corrected chi connectivity index (χ0v) is 26.9. The lowest BCUT2D eigenvalue weighted by Crippen LogP contribution is -2.44. The summed E-state index contributed by atoms with van der Waals surface area (Å²) >= 11 is 2.96. The number of likely N-dealkylation sites (N-methyl/N-ethyl adjacent to an activating group) is 2. The molecule has 4 heterocycles. The number of carbonyl (C=O) groups excluding carboxylic acids is 4. The van der Waals surface area contributed by atoms with Crippen LogP contribution >= 0.6 is 22.7 Å². The number of allylic oxidation sites excluding steroid dienone is 2. The normalized spacial score (nSPS) is 22.3. The average molecular weight is 623 g/mol. The lowest BCUT2D eigenvalue weighted by atomic mass is 9.81. The Hall–Kier alpha value is -4.78. The molecule has 2 aliphatic heterocycles. The van der Waals surface area contributed by atoms with Crippen LogP contribution in [0, 0.1) is 17.9 Å². The highest BCUT2D eigenvalue weighted by Crippen LogP contribution is 2.66. The van der Waals surface area contributed by atoms with Gasteiger partial charge >= 0.3 is 0 Å². The number of carbonyl (C=O) groups is 4. The molecule has 4 aliphatic rings. The van der Waals surface area contributed by atoms with Crippen LogP contribution < -0.4 is 0 Å². The summed E-state index contributed by atoms with van der Waals surface area (Å²) in [6, 6.07) is 5.87. The third-order valence-corrected chi connectivity index (χ3v) is 11.0. The minimum atomic E-state index is -0.631. The number of hydrogen-bond donors (Lipinski definition) is 0. The van der Waals surface area contributed by atoms with E-state index < -0.39 is 34.5 Å². The number of nitriles is 1. The number of amides is 4. The van der Waals surface area contributed by atoms with Gasteiger partial charge in [0, 0.05) is 40.3 Å². The van der Waals surface area contributed by atoms with Crippen LogP contribution in [0.25, 0.3) is 16.0 Å². The monoisotopic (exact) mass is 622 g/mol. The highest BCUT2D eigenvalue weighted by molar-refractivity contribution is 7.18. The van der Waals surface area contributed by atoms with Crippen molar-refractivity contribution in [3.63, 3.8) is 0 Å². The lowest BCUT2D eigenvalue weighted by Gasteiger charge is -2.23. The summed E-state index contributed by atoms with van der Waals surface area (Å²) in [7, 11) is 2.70. The van der Waals surface area contributed by atoms with E-state index in [9.17, 15) is 24.4 Å². The van der Waals surface area contributed by atoms with Crippen molar-refractivity contribution < 1.29 is 19.2 Å². The summed E-state index contributed by atoms with van der Waals surface area (Å²) in [5.74, 6) is -2.34. The molecule has 220 valence electrons. The van der Waals surface area contributed by atoms with Gasteiger partial charge in [0.25, 0.3) is 29.3 Å². The molecule has 2 aromatic heterocycles. The molecule has 0 atom stereocenters. The number of nitrogens with zero attached hydrogens (tertiary/aromatic N) is 6. The van der Waals surface area contributed by atoms with Crippen LogP contribution in [0.4, 0.5) is 10.0 Å². The number of thiophene rings is 2. The van der Waals surface area contributed by atoms with Crippen molar-refractivity contribution in [2.45, 2.75) is 52.4 Å². The quantitative estimate of drug-likeness (QED) is 0.324. The van der Waals surface area contributed by atoms with Crippen LogP contribution in [-0.4, -0.2) is 58.9 Å². The Labute approximate surface area is 261 Å². The van der Waals surface area contributed by atoms with E-state index in [1.165, 1.54) is 47.9 Å². The fourth-order valence-corrected chi connectivity index (χ4v) is 9.12. The fourth-order valence-electron chi connectivity index (χ4n) is 6.30. The summed E-state index contributed by atoms with van der Waals surface area (Å²) in [5.41, 5.74) is 4.19. The maximum Gasteiger partial charge on any atom is 0.279 e. The molecule has 2 aromatic rings. The molecule has 0 saturated carbocycles. The van der Waals surface area contributed by atoms with E-state index >= 15 is 0 Å². The largest absolute Gasteiger partial charge is 0.286 e. The molecule has 0 fully saturated rings. The number of rotatable bonds is 2. The molecule has 0 bridgehead atoms. The smallest absolute Gasteiger partial charge is 0.279 e. The fraction of sp³-hybridized carbons (Fsp3) is 0.312. The van der Waals surface area contributed by atoms with Gasteiger partial charge in [-0.05, 0) is 53.8 Å². The first-order chi connectivity index (χ1) is 20.6. The Morgan fingerprint density at radius 2 is 1.20 bits per heavy atom. The van der Waals surface area contributed by atoms with Crippen molar-refractivity contribution in [1.82, 2.24) is 9.80 Å². The summed E-state index contributed by atoms with van der Waals surface area (Å²) in [6.45, 7) is 19.2. The Bertz CT molecular complexity index is 1920. The van der Waals surface area contributed by atoms with Crippen LogP contribution in [0.5, 0.6) is 0 Å². The van der Waals surface area contributed by atoms with Crippen molar-refractivity contribution in [3.05, 3.63) is 66.8 Å². The number of imide groups is 2. The molecule has 0 aromatic carbocycles. The molecule has 6 rings (SSSR count). The summed E-state index contributed by atoms with van der Waals surface area (Å²) < 4.78 is 0. The van der Waals surface area contributed by atoms with E-state index in [0.29, 0.717) is 10.0 Å². The molecule has 0 unspecified atom stereocenters. The maximum atomic E-state index is 13.0. The second kappa shape index (κ2) is 9.36. The van der Waals surface area contributed by atoms with E-state index in [0.717, 1.165) is 30.7 Å². The van der Waals surface area contributed by atoms with Gasteiger partial charge in [-0.15, -0.1) is 22.7 Å². The van der Waals surface area contributed by atoms with E-state index in [1.54, 1.807) is 13.8 Å². The van der Waals surface area contributed by atoms with Gasteiger partial charge in [-0.3, -0.25) is 29.0 Å². The first-order valence-corrected chi connectivity index (χ1v) is 15.3. The molecule has 4 amide bonds. The van der Waals surface area contributed by atoms with Crippen LogP contribution in [0.15, 0.2) is 44.5 Å². The van der Waals surface area contributed by atoms with Crippen LogP contribution in [0.1, 0.15) is 62.4 Å². The van der Waals surface area contributed by atoms with E-state index in [1.807, 2.05) is 18.2 Å². The standard InChI is InChI=1S/C32H26N6O4S2/c1-13-15(12-33)27(39)37(8)29(41)23(13)35-18-10-16-25(43-18)20-21(31(16,3)4)26-17(32(20,5)6)11-19(44-26)36-24-14(2)22(34-7)28(40)38(9)30(24)42/h10-11H,1-6,8-9H3. The maximum absolute atomic E-state index is 13.0. The zero-order chi connectivity index (χ0) is 32.2. The Morgan fingerprint density at radius 1 is 0.773 bits per heavy atom. The van der Waals surface area contributed by atoms with Gasteiger partial charge in [-0.2, -0.15) is 5.26 Å². The number of fused-ring (bicyclic) bond motifs is 4. The minimum Gasteiger partial charge on any atom is -0.286 e.